The number of ether oxygens (including phenoxy) is 3. The predicted octanol–water partition coefficient (Wildman–Crippen LogP) is 8.03. The predicted molar refractivity (Wildman–Crippen MR) is 150 cm³/mol. The fourth-order valence-corrected chi connectivity index (χ4v) is 10.8. The molecule has 0 radical (unpaired) electrons. The van der Waals surface area contributed by atoms with Crippen molar-refractivity contribution in [2.24, 2.45) is 65.1 Å². The zero-order valence-corrected chi connectivity index (χ0v) is 24.9. The molecular formula is C34H56O4. The van der Waals surface area contributed by atoms with Crippen molar-refractivity contribution in [2.75, 3.05) is 13.2 Å². The Hall–Kier alpha value is -0.610. The van der Waals surface area contributed by atoms with Gasteiger partial charge in [0, 0.05) is 6.42 Å². The molecule has 6 saturated carbocycles. The zero-order valence-electron chi connectivity index (χ0n) is 24.9. The summed E-state index contributed by atoms with van der Waals surface area (Å²) in [6.45, 7) is 11.2. The van der Waals surface area contributed by atoms with E-state index >= 15 is 0 Å². The van der Waals surface area contributed by atoms with Crippen LogP contribution in [0.15, 0.2) is 0 Å². The smallest absolute Gasteiger partial charge is 0.309 e. The van der Waals surface area contributed by atoms with Crippen LogP contribution in [-0.4, -0.2) is 31.1 Å². The summed E-state index contributed by atoms with van der Waals surface area (Å²) < 4.78 is 17.5. The molecule has 4 bridgehead atoms. The lowest BCUT2D eigenvalue weighted by molar-refractivity contribution is -0.175. The molecule has 38 heavy (non-hydrogen) atoms. The van der Waals surface area contributed by atoms with Crippen LogP contribution in [0.5, 0.6) is 0 Å². The van der Waals surface area contributed by atoms with Crippen molar-refractivity contribution < 1.29 is 19.0 Å². The van der Waals surface area contributed by atoms with Crippen molar-refractivity contribution >= 4 is 5.97 Å². The molecule has 4 heteroatoms. The second kappa shape index (κ2) is 11.3. The number of esters is 1. The largest absolute Gasteiger partial charge is 0.459 e. The molecule has 0 aromatic carbocycles. The molecule has 1 saturated heterocycles. The van der Waals surface area contributed by atoms with Gasteiger partial charge < -0.3 is 14.2 Å². The normalized spacial score (nSPS) is 45.9. The summed E-state index contributed by atoms with van der Waals surface area (Å²) in [6, 6.07) is 0. The van der Waals surface area contributed by atoms with E-state index in [0.29, 0.717) is 17.8 Å². The Labute approximate surface area is 232 Å². The van der Waals surface area contributed by atoms with Crippen molar-refractivity contribution in [1.82, 2.24) is 0 Å². The van der Waals surface area contributed by atoms with Crippen molar-refractivity contribution in [3.8, 4) is 0 Å². The Morgan fingerprint density at radius 3 is 1.92 bits per heavy atom. The van der Waals surface area contributed by atoms with Gasteiger partial charge in [0.2, 0.25) is 0 Å². The average molecular weight is 529 g/mol. The van der Waals surface area contributed by atoms with Crippen molar-refractivity contribution in [2.45, 2.75) is 129 Å². The fraction of sp³-hybridized carbons (Fsp3) is 0.971. The highest BCUT2D eigenvalue weighted by Crippen LogP contribution is 2.57. The van der Waals surface area contributed by atoms with E-state index in [2.05, 4.69) is 27.7 Å². The second-order valence-corrected chi connectivity index (χ2v) is 15.0. The molecule has 10 atom stereocenters. The second-order valence-electron chi connectivity index (χ2n) is 15.0. The molecule has 7 fully saturated rings. The van der Waals surface area contributed by atoms with Crippen LogP contribution in [0.1, 0.15) is 118 Å². The molecular weight excluding hydrogens is 472 g/mol. The van der Waals surface area contributed by atoms with Crippen LogP contribution < -0.4 is 0 Å². The van der Waals surface area contributed by atoms with E-state index in [1.807, 2.05) is 0 Å². The molecule has 0 aromatic heterocycles. The highest BCUT2D eigenvalue weighted by Gasteiger charge is 2.54. The first-order chi connectivity index (χ1) is 18.4. The quantitative estimate of drug-likeness (QED) is 0.339. The number of carbonyl (C=O) groups excluding carboxylic acids is 1. The zero-order chi connectivity index (χ0) is 26.4. The molecule has 6 aliphatic carbocycles. The van der Waals surface area contributed by atoms with Gasteiger partial charge >= 0.3 is 5.97 Å². The summed E-state index contributed by atoms with van der Waals surface area (Å²) in [5.74, 6) is 8.66. The Balaban J connectivity index is 0.000000152. The SMILES string of the molecule is CC1C2CC(C(=O)OC3(C4CCCCC4)CCCC3)C(C2)C1C.CC1C2CC(CC3OCCO3)C(C2)C1C. The van der Waals surface area contributed by atoms with E-state index in [1.165, 1.54) is 64.2 Å². The highest BCUT2D eigenvalue weighted by atomic mass is 16.7. The summed E-state index contributed by atoms with van der Waals surface area (Å²) in [6.07, 6.45) is 18.0. The minimum Gasteiger partial charge on any atom is -0.459 e. The average Bonchev–Trinajstić information content (AvgIpc) is 3.76. The van der Waals surface area contributed by atoms with Gasteiger partial charge in [-0.05, 0) is 123 Å². The molecule has 1 heterocycles. The number of carbonyl (C=O) groups is 1. The van der Waals surface area contributed by atoms with Crippen LogP contribution in [0.3, 0.4) is 0 Å². The van der Waals surface area contributed by atoms with Crippen LogP contribution in [0.25, 0.3) is 0 Å². The van der Waals surface area contributed by atoms with Crippen LogP contribution >= 0.6 is 0 Å². The molecule has 0 N–H and O–H groups in total. The van der Waals surface area contributed by atoms with E-state index in [4.69, 9.17) is 14.2 Å². The first-order valence-electron chi connectivity index (χ1n) is 16.8. The maximum Gasteiger partial charge on any atom is 0.309 e. The lowest BCUT2D eigenvalue weighted by atomic mass is 9.74. The number of hydrogen-bond acceptors (Lipinski definition) is 4. The maximum absolute atomic E-state index is 13.1. The minimum absolute atomic E-state index is 0.0752. The summed E-state index contributed by atoms with van der Waals surface area (Å²) in [5, 5.41) is 0. The van der Waals surface area contributed by atoms with Gasteiger partial charge in [-0.15, -0.1) is 0 Å². The number of fused-ring (bicyclic) bond motifs is 4. The fourth-order valence-electron chi connectivity index (χ4n) is 10.8. The molecule has 0 spiro atoms. The minimum atomic E-state index is -0.0752. The topological polar surface area (TPSA) is 44.8 Å². The third-order valence-electron chi connectivity index (χ3n) is 13.5. The lowest BCUT2D eigenvalue weighted by Gasteiger charge is -2.41. The van der Waals surface area contributed by atoms with Crippen molar-refractivity contribution in [3.63, 3.8) is 0 Å². The monoisotopic (exact) mass is 528 g/mol. The molecule has 7 rings (SSSR count). The van der Waals surface area contributed by atoms with Gasteiger partial charge in [-0.1, -0.05) is 47.0 Å². The van der Waals surface area contributed by atoms with Crippen LogP contribution in [-0.2, 0) is 19.0 Å². The molecule has 216 valence electrons. The van der Waals surface area contributed by atoms with Gasteiger partial charge in [0.25, 0.3) is 0 Å². The molecule has 4 nitrogen and oxygen atoms in total. The van der Waals surface area contributed by atoms with Gasteiger partial charge in [-0.3, -0.25) is 4.79 Å². The number of rotatable bonds is 5. The van der Waals surface area contributed by atoms with Crippen molar-refractivity contribution in [3.05, 3.63) is 0 Å². The van der Waals surface area contributed by atoms with E-state index in [-0.39, 0.29) is 23.8 Å². The Morgan fingerprint density at radius 1 is 0.737 bits per heavy atom. The van der Waals surface area contributed by atoms with Crippen molar-refractivity contribution in [1.29, 1.82) is 0 Å². The molecule has 10 unspecified atom stereocenters. The van der Waals surface area contributed by atoms with E-state index in [1.54, 1.807) is 0 Å². The van der Waals surface area contributed by atoms with E-state index in [0.717, 1.165) is 80.3 Å². The third-order valence-corrected chi connectivity index (χ3v) is 13.5. The highest BCUT2D eigenvalue weighted by molar-refractivity contribution is 5.74. The first kappa shape index (κ1) is 27.6. The molecule has 0 amide bonds. The number of hydrogen-bond donors (Lipinski definition) is 0. The van der Waals surface area contributed by atoms with Gasteiger partial charge in [-0.25, -0.2) is 0 Å². The Morgan fingerprint density at radius 2 is 1.34 bits per heavy atom. The third kappa shape index (κ3) is 5.12. The van der Waals surface area contributed by atoms with Crippen LogP contribution in [0, 0.1) is 65.1 Å². The first-order valence-corrected chi connectivity index (χ1v) is 16.8. The lowest BCUT2D eigenvalue weighted by Crippen LogP contribution is -2.44. The molecule has 1 aliphatic heterocycles. The Kier molecular flexibility index (Phi) is 8.22. The van der Waals surface area contributed by atoms with Crippen LogP contribution in [0.4, 0.5) is 0 Å². The Bertz CT molecular complexity index is 803. The van der Waals surface area contributed by atoms with E-state index in [9.17, 15) is 4.79 Å². The van der Waals surface area contributed by atoms with Gasteiger partial charge in [0.1, 0.15) is 5.60 Å². The standard InChI is InChI=1S/C21H34O2.C13H22O2/c1-14-15(2)18-12-16(14)13-19(18)20(22)23-21(10-6-7-11-21)17-8-4-3-5-9-17;1-8-9(2)12-6-10(8)5-11(12)7-13-14-3-4-15-13/h14-19H,3-13H2,1-2H3;8-13H,3-7H2,1-2H3. The summed E-state index contributed by atoms with van der Waals surface area (Å²) in [4.78, 5) is 13.1. The summed E-state index contributed by atoms with van der Waals surface area (Å²) in [7, 11) is 0. The van der Waals surface area contributed by atoms with Gasteiger partial charge in [0.15, 0.2) is 6.29 Å². The summed E-state index contributed by atoms with van der Waals surface area (Å²) >= 11 is 0. The summed E-state index contributed by atoms with van der Waals surface area (Å²) in [5.41, 5.74) is -0.0752. The van der Waals surface area contributed by atoms with E-state index < -0.39 is 0 Å². The van der Waals surface area contributed by atoms with Gasteiger partial charge in [0.05, 0.1) is 19.1 Å². The van der Waals surface area contributed by atoms with Crippen LogP contribution in [0.2, 0.25) is 0 Å². The molecule has 0 aromatic rings. The molecule has 7 aliphatic rings. The maximum atomic E-state index is 13.1. The van der Waals surface area contributed by atoms with Gasteiger partial charge in [-0.2, -0.15) is 0 Å².